The summed E-state index contributed by atoms with van der Waals surface area (Å²) >= 11 is 0. The van der Waals surface area contributed by atoms with Crippen LogP contribution in [0.4, 0.5) is 5.69 Å². The van der Waals surface area contributed by atoms with Crippen molar-refractivity contribution in [3.05, 3.63) is 46.1 Å². The van der Waals surface area contributed by atoms with E-state index >= 15 is 0 Å². The average Bonchev–Trinajstić information content (AvgIpc) is 3.32. The van der Waals surface area contributed by atoms with E-state index in [9.17, 15) is 19.7 Å². The molecular weight excluding hydrogens is 302 g/mol. The summed E-state index contributed by atoms with van der Waals surface area (Å²) < 4.78 is 0. The molecule has 1 amide bonds. The van der Waals surface area contributed by atoms with Gasteiger partial charge in [-0.3, -0.25) is 24.7 Å². The van der Waals surface area contributed by atoms with E-state index in [2.05, 4.69) is 10.3 Å². The zero-order valence-corrected chi connectivity index (χ0v) is 12.0. The number of rotatable bonds is 5. The van der Waals surface area contributed by atoms with Gasteiger partial charge in [-0.1, -0.05) is 0 Å². The second kappa shape index (κ2) is 5.31. The molecule has 1 aromatic heterocycles. The number of hydrogen-bond donors (Lipinski definition) is 2. The van der Waals surface area contributed by atoms with Crippen molar-refractivity contribution in [2.75, 3.05) is 6.54 Å². The van der Waals surface area contributed by atoms with Crippen molar-refractivity contribution in [2.45, 2.75) is 12.8 Å². The summed E-state index contributed by atoms with van der Waals surface area (Å²) in [5, 5.41) is 23.0. The third-order valence-corrected chi connectivity index (χ3v) is 4.08. The smallest absolute Gasteiger partial charge is 0.311 e. The van der Waals surface area contributed by atoms with Crippen molar-refractivity contribution >= 4 is 28.5 Å². The van der Waals surface area contributed by atoms with Crippen LogP contribution in [0.1, 0.15) is 23.2 Å². The third kappa shape index (κ3) is 2.59. The number of nitro benzene ring substituents is 1. The van der Waals surface area contributed by atoms with Crippen molar-refractivity contribution in [3.8, 4) is 0 Å². The van der Waals surface area contributed by atoms with E-state index in [1.807, 2.05) is 0 Å². The van der Waals surface area contributed by atoms with E-state index < -0.39 is 22.2 Å². The Bertz CT molecular complexity index is 829. The highest BCUT2D eigenvalue weighted by Gasteiger charge is 2.50. The summed E-state index contributed by atoms with van der Waals surface area (Å²) in [5.41, 5.74) is -0.597. The number of carbonyl (C=O) groups excluding carboxylic acids is 1. The number of aromatic nitrogens is 1. The second-order valence-corrected chi connectivity index (χ2v) is 5.56. The molecule has 0 aliphatic heterocycles. The second-order valence-electron chi connectivity index (χ2n) is 5.56. The van der Waals surface area contributed by atoms with Crippen LogP contribution in [0.3, 0.4) is 0 Å². The lowest BCUT2D eigenvalue weighted by molar-refractivity contribution is -0.383. The van der Waals surface area contributed by atoms with Gasteiger partial charge in [0.15, 0.2) is 0 Å². The highest BCUT2D eigenvalue weighted by molar-refractivity contribution is 6.07. The molecule has 0 atom stereocenters. The molecule has 1 aromatic carbocycles. The fourth-order valence-corrected chi connectivity index (χ4v) is 2.46. The fourth-order valence-electron chi connectivity index (χ4n) is 2.46. The van der Waals surface area contributed by atoms with Gasteiger partial charge in [-0.25, -0.2) is 0 Å². The Balaban J connectivity index is 1.91. The van der Waals surface area contributed by atoms with Gasteiger partial charge in [-0.2, -0.15) is 0 Å². The van der Waals surface area contributed by atoms with Crippen LogP contribution in [0.15, 0.2) is 30.5 Å². The summed E-state index contributed by atoms with van der Waals surface area (Å²) in [5.74, 6) is -1.42. The van der Waals surface area contributed by atoms with Gasteiger partial charge in [-0.05, 0) is 31.0 Å². The molecule has 0 unspecified atom stereocenters. The first-order valence-corrected chi connectivity index (χ1v) is 6.98. The largest absolute Gasteiger partial charge is 0.481 e. The zero-order valence-electron chi connectivity index (χ0n) is 12.0. The quantitative estimate of drug-likeness (QED) is 0.640. The first-order valence-electron chi connectivity index (χ1n) is 6.98. The highest BCUT2D eigenvalue weighted by Crippen LogP contribution is 2.45. The minimum absolute atomic E-state index is 0.0342. The number of non-ortho nitro benzene ring substituents is 1. The van der Waals surface area contributed by atoms with Gasteiger partial charge in [0.05, 0.1) is 26.8 Å². The number of amides is 1. The van der Waals surface area contributed by atoms with Crippen molar-refractivity contribution in [3.63, 3.8) is 0 Å². The normalized spacial score (nSPS) is 15.1. The molecule has 1 heterocycles. The standard InChI is InChI=1S/C15H13N3O5/c19-13(17-8-15(5-6-15)14(20)21)10-3-4-11(18(22)23)9-2-1-7-16-12(9)10/h1-4,7H,5-6,8H2,(H,17,19)(H,20,21). The van der Waals surface area contributed by atoms with Crippen molar-refractivity contribution < 1.29 is 19.6 Å². The number of carbonyl (C=O) groups is 2. The molecule has 2 aromatic rings. The lowest BCUT2D eigenvalue weighted by Crippen LogP contribution is -2.34. The number of carboxylic acid groups (broad SMARTS) is 1. The molecule has 2 N–H and O–H groups in total. The van der Waals surface area contributed by atoms with Crippen molar-refractivity contribution in [1.29, 1.82) is 0 Å². The van der Waals surface area contributed by atoms with E-state index in [0.29, 0.717) is 12.8 Å². The van der Waals surface area contributed by atoms with Crippen LogP contribution in [-0.2, 0) is 4.79 Å². The van der Waals surface area contributed by atoms with Crippen LogP contribution in [0, 0.1) is 15.5 Å². The van der Waals surface area contributed by atoms with Crippen LogP contribution in [0.2, 0.25) is 0 Å². The molecule has 1 saturated carbocycles. The Morgan fingerprint density at radius 3 is 2.70 bits per heavy atom. The molecule has 0 bridgehead atoms. The van der Waals surface area contributed by atoms with E-state index in [-0.39, 0.29) is 28.7 Å². The molecule has 1 fully saturated rings. The number of carboxylic acids is 1. The summed E-state index contributed by atoms with van der Waals surface area (Å²) in [6, 6.07) is 5.67. The average molecular weight is 315 g/mol. The SMILES string of the molecule is O=C(NCC1(C(=O)O)CC1)c1ccc([N+](=O)[O-])c2cccnc12. The molecule has 1 aliphatic rings. The summed E-state index contributed by atoms with van der Waals surface area (Å²) in [6.45, 7) is 0.0342. The molecule has 8 heteroatoms. The molecule has 0 spiro atoms. The Morgan fingerprint density at radius 2 is 2.09 bits per heavy atom. The molecule has 0 saturated heterocycles. The Labute approximate surface area is 130 Å². The molecule has 118 valence electrons. The van der Waals surface area contributed by atoms with Gasteiger partial charge in [0.2, 0.25) is 0 Å². The number of nitro groups is 1. The molecule has 8 nitrogen and oxygen atoms in total. The van der Waals surface area contributed by atoms with E-state index in [1.54, 1.807) is 6.07 Å². The number of pyridine rings is 1. The van der Waals surface area contributed by atoms with E-state index in [0.717, 1.165) is 0 Å². The Kier molecular flexibility index (Phi) is 3.44. The minimum atomic E-state index is -0.926. The van der Waals surface area contributed by atoms with Crippen LogP contribution >= 0.6 is 0 Å². The molecule has 1 aliphatic carbocycles. The summed E-state index contributed by atoms with van der Waals surface area (Å²) in [7, 11) is 0. The third-order valence-electron chi connectivity index (χ3n) is 4.08. The van der Waals surface area contributed by atoms with Gasteiger partial charge in [0.1, 0.15) is 0 Å². The van der Waals surface area contributed by atoms with Gasteiger partial charge < -0.3 is 10.4 Å². The maximum absolute atomic E-state index is 12.3. The molecule has 3 rings (SSSR count). The summed E-state index contributed by atoms with van der Waals surface area (Å²) in [6.07, 6.45) is 2.51. The molecule has 23 heavy (non-hydrogen) atoms. The molecule has 0 radical (unpaired) electrons. The first-order chi connectivity index (χ1) is 10.9. The van der Waals surface area contributed by atoms with Crippen molar-refractivity contribution in [2.24, 2.45) is 5.41 Å². The maximum atomic E-state index is 12.3. The van der Waals surface area contributed by atoms with Gasteiger partial charge in [0.25, 0.3) is 11.6 Å². The minimum Gasteiger partial charge on any atom is -0.481 e. The van der Waals surface area contributed by atoms with Crippen LogP contribution < -0.4 is 5.32 Å². The lowest BCUT2D eigenvalue weighted by atomic mass is 10.1. The number of fused-ring (bicyclic) bond motifs is 1. The van der Waals surface area contributed by atoms with Crippen LogP contribution in [-0.4, -0.2) is 33.4 Å². The van der Waals surface area contributed by atoms with Gasteiger partial charge in [0, 0.05) is 18.8 Å². The van der Waals surface area contributed by atoms with E-state index in [4.69, 9.17) is 5.11 Å². The summed E-state index contributed by atoms with van der Waals surface area (Å²) in [4.78, 5) is 38.0. The van der Waals surface area contributed by atoms with Gasteiger partial charge in [-0.15, -0.1) is 0 Å². The van der Waals surface area contributed by atoms with E-state index in [1.165, 1.54) is 24.4 Å². The number of nitrogens with one attached hydrogen (secondary N) is 1. The first kappa shape index (κ1) is 14.9. The van der Waals surface area contributed by atoms with Gasteiger partial charge >= 0.3 is 5.97 Å². The van der Waals surface area contributed by atoms with Crippen LogP contribution in [0.5, 0.6) is 0 Å². The topological polar surface area (TPSA) is 122 Å². The Hall–Kier alpha value is -3.03. The highest BCUT2D eigenvalue weighted by atomic mass is 16.6. The maximum Gasteiger partial charge on any atom is 0.311 e. The Morgan fingerprint density at radius 1 is 1.35 bits per heavy atom. The predicted octanol–water partition coefficient (Wildman–Crippen LogP) is 1.74. The number of benzene rings is 1. The van der Waals surface area contributed by atoms with Crippen molar-refractivity contribution in [1.82, 2.24) is 10.3 Å². The number of aliphatic carboxylic acids is 1. The number of nitrogens with zero attached hydrogens (tertiary/aromatic N) is 2. The number of hydrogen-bond acceptors (Lipinski definition) is 5. The monoisotopic (exact) mass is 315 g/mol. The zero-order chi connectivity index (χ0) is 16.6. The lowest BCUT2D eigenvalue weighted by Gasteiger charge is -2.12. The fraction of sp³-hybridized carbons (Fsp3) is 0.267. The predicted molar refractivity (Wildman–Crippen MR) is 80.0 cm³/mol. The molecular formula is C15H13N3O5. The van der Waals surface area contributed by atoms with Crippen LogP contribution in [0.25, 0.3) is 10.9 Å².